The average molecular weight is 489 g/mol. The van der Waals surface area contributed by atoms with Gasteiger partial charge in [-0.2, -0.15) is 0 Å². The number of amides is 2. The van der Waals surface area contributed by atoms with E-state index in [9.17, 15) is 9.59 Å². The van der Waals surface area contributed by atoms with E-state index in [2.05, 4.69) is 28.2 Å². The fourth-order valence-electron chi connectivity index (χ4n) is 3.40. The lowest BCUT2D eigenvalue weighted by Gasteiger charge is -2.29. The molecule has 0 spiro atoms. The third kappa shape index (κ3) is 6.47. The fourth-order valence-corrected chi connectivity index (χ4v) is 3.66. The number of benzene rings is 2. The molecule has 0 radical (unpaired) electrons. The van der Waals surface area contributed by atoms with Crippen LogP contribution in [0.3, 0.4) is 0 Å². The SMILES string of the molecule is CCCCNC(=O)[C@@H](C)N(Cc1ccc(Br)cc1)C(=O)CCc1ccc2c(c1)OCO2. The van der Waals surface area contributed by atoms with Crippen molar-refractivity contribution in [3.63, 3.8) is 0 Å². The lowest BCUT2D eigenvalue weighted by atomic mass is 10.1. The second kappa shape index (κ2) is 11.2. The van der Waals surface area contributed by atoms with E-state index in [4.69, 9.17) is 9.47 Å². The summed E-state index contributed by atoms with van der Waals surface area (Å²) in [5, 5.41) is 2.94. The first-order chi connectivity index (χ1) is 15.0. The zero-order chi connectivity index (χ0) is 22.2. The summed E-state index contributed by atoms with van der Waals surface area (Å²) < 4.78 is 11.7. The van der Waals surface area contributed by atoms with Gasteiger partial charge >= 0.3 is 0 Å². The Hall–Kier alpha value is -2.54. The Morgan fingerprint density at radius 3 is 2.55 bits per heavy atom. The molecule has 0 saturated heterocycles. The zero-order valence-corrected chi connectivity index (χ0v) is 19.6. The third-order valence-electron chi connectivity index (χ3n) is 5.33. The van der Waals surface area contributed by atoms with Gasteiger partial charge < -0.3 is 19.7 Å². The summed E-state index contributed by atoms with van der Waals surface area (Å²) >= 11 is 3.44. The molecule has 0 aliphatic carbocycles. The van der Waals surface area contributed by atoms with E-state index < -0.39 is 6.04 Å². The number of carbonyl (C=O) groups excluding carboxylic acids is 2. The van der Waals surface area contributed by atoms with Crippen LogP contribution in [0.5, 0.6) is 11.5 Å². The Labute approximate surface area is 192 Å². The zero-order valence-electron chi connectivity index (χ0n) is 18.0. The Bertz CT molecular complexity index is 901. The maximum absolute atomic E-state index is 13.2. The molecule has 166 valence electrons. The second-order valence-electron chi connectivity index (χ2n) is 7.66. The Morgan fingerprint density at radius 1 is 1.10 bits per heavy atom. The van der Waals surface area contributed by atoms with Gasteiger partial charge in [0.05, 0.1) is 0 Å². The largest absolute Gasteiger partial charge is 0.454 e. The van der Waals surface area contributed by atoms with Crippen LogP contribution in [0.15, 0.2) is 46.9 Å². The molecule has 1 aliphatic rings. The molecule has 0 aromatic heterocycles. The molecule has 1 aliphatic heterocycles. The number of ether oxygens (including phenoxy) is 2. The van der Waals surface area contributed by atoms with Crippen LogP contribution >= 0.6 is 15.9 Å². The number of aryl methyl sites for hydroxylation is 1. The van der Waals surface area contributed by atoms with Crippen molar-refractivity contribution in [2.75, 3.05) is 13.3 Å². The van der Waals surface area contributed by atoms with Crippen molar-refractivity contribution in [3.8, 4) is 11.5 Å². The van der Waals surface area contributed by atoms with E-state index in [0.717, 1.165) is 34.2 Å². The predicted octanol–water partition coefficient (Wildman–Crippen LogP) is 4.44. The number of nitrogens with zero attached hydrogens (tertiary/aromatic N) is 1. The first-order valence-corrected chi connectivity index (χ1v) is 11.5. The first kappa shape index (κ1) is 23.1. The van der Waals surface area contributed by atoms with Crippen LogP contribution in [0, 0.1) is 0 Å². The predicted molar refractivity (Wildman–Crippen MR) is 123 cm³/mol. The number of fused-ring (bicyclic) bond motifs is 1. The van der Waals surface area contributed by atoms with E-state index in [1.54, 1.807) is 11.8 Å². The van der Waals surface area contributed by atoms with Crippen molar-refractivity contribution in [3.05, 3.63) is 58.1 Å². The van der Waals surface area contributed by atoms with Gasteiger partial charge in [0.2, 0.25) is 18.6 Å². The number of hydrogen-bond acceptors (Lipinski definition) is 4. The van der Waals surface area contributed by atoms with E-state index in [0.29, 0.717) is 31.7 Å². The molecule has 2 amide bonds. The highest BCUT2D eigenvalue weighted by molar-refractivity contribution is 9.10. The molecule has 7 heteroatoms. The first-order valence-electron chi connectivity index (χ1n) is 10.7. The summed E-state index contributed by atoms with van der Waals surface area (Å²) in [7, 11) is 0. The van der Waals surface area contributed by atoms with Gasteiger partial charge in [0.1, 0.15) is 6.04 Å². The van der Waals surface area contributed by atoms with E-state index in [-0.39, 0.29) is 18.6 Å². The summed E-state index contributed by atoms with van der Waals surface area (Å²) in [4.78, 5) is 27.5. The molecule has 3 rings (SSSR count). The highest BCUT2D eigenvalue weighted by Gasteiger charge is 2.26. The van der Waals surface area contributed by atoms with Gasteiger partial charge in [-0.05, 0) is 55.2 Å². The lowest BCUT2D eigenvalue weighted by Crippen LogP contribution is -2.47. The number of carbonyl (C=O) groups is 2. The van der Waals surface area contributed by atoms with Crippen LogP contribution in [-0.4, -0.2) is 36.1 Å². The quantitative estimate of drug-likeness (QED) is 0.501. The summed E-state index contributed by atoms with van der Waals surface area (Å²) in [5.74, 6) is 1.25. The molecule has 6 nitrogen and oxygen atoms in total. The van der Waals surface area contributed by atoms with E-state index in [1.165, 1.54) is 0 Å². The third-order valence-corrected chi connectivity index (χ3v) is 5.86. The smallest absolute Gasteiger partial charge is 0.242 e. The average Bonchev–Trinajstić information content (AvgIpc) is 3.24. The normalized spacial score (nSPS) is 13.0. The van der Waals surface area contributed by atoms with Gasteiger partial charge in [-0.15, -0.1) is 0 Å². The van der Waals surface area contributed by atoms with Crippen molar-refractivity contribution >= 4 is 27.7 Å². The minimum atomic E-state index is -0.551. The highest BCUT2D eigenvalue weighted by Crippen LogP contribution is 2.32. The molecule has 0 bridgehead atoms. The minimum absolute atomic E-state index is 0.0567. The Kier molecular flexibility index (Phi) is 8.35. The molecule has 0 fully saturated rings. The molecular formula is C24H29BrN2O4. The summed E-state index contributed by atoms with van der Waals surface area (Å²) in [6.07, 6.45) is 2.80. The fraction of sp³-hybridized carbons (Fsp3) is 0.417. The summed E-state index contributed by atoms with van der Waals surface area (Å²) in [5.41, 5.74) is 1.98. The van der Waals surface area contributed by atoms with Crippen LogP contribution in [0.2, 0.25) is 0 Å². The van der Waals surface area contributed by atoms with Crippen LogP contribution in [0.25, 0.3) is 0 Å². The maximum atomic E-state index is 13.2. The van der Waals surface area contributed by atoms with Crippen molar-refractivity contribution in [1.82, 2.24) is 10.2 Å². The summed E-state index contributed by atoms with van der Waals surface area (Å²) in [6.45, 7) is 5.10. The number of hydrogen-bond donors (Lipinski definition) is 1. The number of unbranched alkanes of at least 4 members (excludes halogenated alkanes) is 1. The standard InChI is InChI=1S/C24H29BrN2O4/c1-3-4-13-26-24(29)17(2)27(15-19-5-9-20(25)10-6-19)23(28)12-8-18-7-11-21-22(14-18)31-16-30-21/h5-7,9-11,14,17H,3-4,8,12-13,15-16H2,1-2H3,(H,26,29)/t17-/m1/s1. The molecule has 31 heavy (non-hydrogen) atoms. The number of rotatable bonds is 10. The Balaban J connectivity index is 1.68. The van der Waals surface area contributed by atoms with Gasteiger partial charge in [-0.25, -0.2) is 0 Å². The van der Waals surface area contributed by atoms with Gasteiger partial charge in [0.25, 0.3) is 0 Å². The van der Waals surface area contributed by atoms with Crippen LogP contribution in [-0.2, 0) is 22.6 Å². The van der Waals surface area contributed by atoms with Crippen LogP contribution in [0.4, 0.5) is 0 Å². The van der Waals surface area contributed by atoms with Crippen LogP contribution in [0.1, 0.15) is 44.2 Å². The van der Waals surface area contributed by atoms with Crippen molar-refractivity contribution in [1.29, 1.82) is 0 Å². The molecule has 2 aromatic carbocycles. The molecular weight excluding hydrogens is 460 g/mol. The number of nitrogens with one attached hydrogen (secondary N) is 1. The van der Waals surface area contributed by atoms with Crippen molar-refractivity contribution in [2.45, 2.75) is 52.1 Å². The Morgan fingerprint density at radius 2 is 1.81 bits per heavy atom. The minimum Gasteiger partial charge on any atom is -0.454 e. The lowest BCUT2D eigenvalue weighted by molar-refractivity contribution is -0.140. The molecule has 1 atom stereocenters. The molecule has 0 saturated carbocycles. The van der Waals surface area contributed by atoms with Crippen LogP contribution < -0.4 is 14.8 Å². The van der Waals surface area contributed by atoms with Crippen molar-refractivity contribution < 1.29 is 19.1 Å². The van der Waals surface area contributed by atoms with Gasteiger partial charge in [-0.3, -0.25) is 9.59 Å². The second-order valence-corrected chi connectivity index (χ2v) is 8.57. The highest BCUT2D eigenvalue weighted by atomic mass is 79.9. The molecule has 2 aromatic rings. The van der Waals surface area contributed by atoms with Gasteiger partial charge in [-0.1, -0.05) is 47.5 Å². The topological polar surface area (TPSA) is 67.9 Å². The van der Waals surface area contributed by atoms with E-state index >= 15 is 0 Å². The molecule has 1 heterocycles. The van der Waals surface area contributed by atoms with E-state index in [1.807, 2.05) is 42.5 Å². The monoisotopic (exact) mass is 488 g/mol. The maximum Gasteiger partial charge on any atom is 0.242 e. The summed E-state index contributed by atoms with van der Waals surface area (Å²) in [6, 6.07) is 13.0. The molecule has 0 unspecified atom stereocenters. The van der Waals surface area contributed by atoms with Gasteiger partial charge in [0.15, 0.2) is 11.5 Å². The number of halogens is 1. The van der Waals surface area contributed by atoms with Gasteiger partial charge in [0, 0.05) is 24.0 Å². The van der Waals surface area contributed by atoms with Crippen molar-refractivity contribution in [2.24, 2.45) is 0 Å². The molecule has 1 N–H and O–H groups in total.